The standard InChI is InChI=1S/C11H10N2OS/c1-7-2-4-8(5-3-7)6-9-10(14)13-11(15)12-9/h2-6H,1H3,(H2,12,13,14,15)/b9-6-. The molecule has 0 aliphatic carbocycles. The quantitative estimate of drug-likeness (QED) is 0.552. The molecule has 1 aromatic rings. The number of aryl methyl sites for hydroxylation is 1. The Morgan fingerprint density at radius 2 is 1.87 bits per heavy atom. The number of carbonyl (C=O) groups excluding carboxylic acids is 1. The third kappa shape index (κ3) is 2.22. The molecule has 0 atom stereocenters. The minimum Gasteiger partial charge on any atom is -0.328 e. The summed E-state index contributed by atoms with van der Waals surface area (Å²) in [6.45, 7) is 2.02. The summed E-state index contributed by atoms with van der Waals surface area (Å²) in [4.78, 5) is 11.3. The van der Waals surface area contributed by atoms with E-state index < -0.39 is 0 Å². The van der Waals surface area contributed by atoms with Crippen LogP contribution in [0.3, 0.4) is 0 Å². The second-order valence-electron chi connectivity index (χ2n) is 3.38. The molecule has 4 heteroatoms. The van der Waals surface area contributed by atoms with E-state index in [2.05, 4.69) is 10.6 Å². The Morgan fingerprint density at radius 3 is 2.40 bits per heavy atom. The zero-order valence-electron chi connectivity index (χ0n) is 8.20. The lowest BCUT2D eigenvalue weighted by Crippen LogP contribution is -2.21. The van der Waals surface area contributed by atoms with Gasteiger partial charge in [0.15, 0.2) is 5.11 Å². The molecule has 76 valence electrons. The Kier molecular flexibility index (Phi) is 2.51. The minimum absolute atomic E-state index is 0.180. The van der Waals surface area contributed by atoms with E-state index in [0.29, 0.717) is 10.8 Å². The fourth-order valence-corrected chi connectivity index (χ4v) is 1.51. The highest BCUT2D eigenvalue weighted by Crippen LogP contribution is 2.09. The van der Waals surface area contributed by atoms with Gasteiger partial charge >= 0.3 is 0 Å². The Balaban J connectivity index is 2.27. The molecule has 1 fully saturated rings. The van der Waals surface area contributed by atoms with Crippen LogP contribution in [0.5, 0.6) is 0 Å². The van der Waals surface area contributed by atoms with E-state index in [-0.39, 0.29) is 5.91 Å². The van der Waals surface area contributed by atoms with Crippen LogP contribution in [0.1, 0.15) is 11.1 Å². The molecule has 2 rings (SSSR count). The lowest BCUT2D eigenvalue weighted by atomic mass is 10.1. The summed E-state index contributed by atoms with van der Waals surface area (Å²) >= 11 is 4.83. The average molecular weight is 218 g/mol. The second kappa shape index (κ2) is 3.82. The second-order valence-corrected chi connectivity index (χ2v) is 3.79. The lowest BCUT2D eigenvalue weighted by molar-refractivity contribution is -0.115. The van der Waals surface area contributed by atoms with Gasteiger partial charge in [-0.1, -0.05) is 29.8 Å². The number of thiocarbonyl (C=S) groups is 1. The number of amides is 1. The molecular weight excluding hydrogens is 208 g/mol. The summed E-state index contributed by atoms with van der Waals surface area (Å²) in [5.41, 5.74) is 2.66. The van der Waals surface area contributed by atoms with Crippen molar-refractivity contribution in [1.29, 1.82) is 0 Å². The van der Waals surface area contributed by atoms with Gasteiger partial charge in [0, 0.05) is 0 Å². The summed E-state index contributed by atoms with van der Waals surface area (Å²) in [7, 11) is 0. The number of benzene rings is 1. The van der Waals surface area contributed by atoms with E-state index in [4.69, 9.17) is 12.2 Å². The molecule has 1 amide bonds. The zero-order valence-corrected chi connectivity index (χ0v) is 9.02. The third-order valence-electron chi connectivity index (χ3n) is 2.11. The van der Waals surface area contributed by atoms with E-state index in [1.807, 2.05) is 31.2 Å². The predicted octanol–water partition coefficient (Wildman–Crippen LogP) is 1.34. The molecular formula is C11H10N2OS. The maximum Gasteiger partial charge on any atom is 0.273 e. The van der Waals surface area contributed by atoms with Gasteiger partial charge in [-0.3, -0.25) is 10.1 Å². The molecule has 1 aliphatic heterocycles. The van der Waals surface area contributed by atoms with Crippen LogP contribution in [-0.2, 0) is 4.79 Å². The number of hydrogen-bond acceptors (Lipinski definition) is 2. The van der Waals surface area contributed by atoms with Gasteiger partial charge in [-0.25, -0.2) is 0 Å². The average Bonchev–Trinajstić information content (AvgIpc) is 2.49. The molecule has 15 heavy (non-hydrogen) atoms. The molecule has 0 saturated carbocycles. The van der Waals surface area contributed by atoms with Gasteiger partial charge in [0.25, 0.3) is 5.91 Å². The van der Waals surface area contributed by atoms with Crippen LogP contribution >= 0.6 is 12.2 Å². The lowest BCUT2D eigenvalue weighted by Gasteiger charge is -1.97. The van der Waals surface area contributed by atoms with Crippen molar-refractivity contribution in [2.45, 2.75) is 6.92 Å². The Labute approximate surface area is 93.2 Å². The summed E-state index contributed by atoms with van der Waals surface area (Å²) in [5.74, 6) is -0.180. The summed E-state index contributed by atoms with van der Waals surface area (Å²) < 4.78 is 0. The number of nitrogens with one attached hydrogen (secondary N) is 2. The van der Waals surface area contributed by atoms with E-state index in [1.165, 1.54) is 5.56 Å². The molecule has 0 spiro atoms. The predicted molar refractivity (Wildman–Crippen MR) is 63.0 cm³/mol. The van der Waals surface area contributed by atoms with Gasteiger partial charge in [-0.15, -0.1) is 0 Å². The van der Waals surface area contributed by atoms with Gasteiger partial charge < -0.3 is 5.32 Å². The molecule has 1 aliphatic rings. The molecule has 1 aromatic carbocycles. The number of hydrogen-bond donors (Lipinski definition) is 2. The fraction of sp³-hybridized carbons (Fsp3) is 0.0909. The monoisotopic (exact) mass is 218 g/mol. The third-order valence-corrected chi connectivity index (χ3v) is 2.31. The highest BCUT2D eigenvalue weighted by atomic mass is 32.1. The number of carbonyl (C=O) groups is 1. The molecule has 0 unspecified atom stereocenters. The van der Waals surface area contributed by atoms with E-state index >= 15 is 0 Å². The van der Waals surface area contributed by atoms with Crippen molar-refractivity contribution in [1.82, 2.24) is 10.6 Å². The normalized spacial score (nSPS) is 17.8. The van der Waals surface area contributed by atoms with Gasteiger partial charge in [-0.05, 0) is 30.8 Å². The van der Waals surface area contributed by atoms with Crippen LogP contribution in [0.15, 0.2) is 30.0 Å². The van der Waals surface area contributed by atoms with Crippen LogP contribution in [0.25, 0.3) is 6.08 Å². The van der Waals surface area contributed by atoms with Crippen molar-refractivity contribution in [3.63, 3.8) is 0 Å². The highest BCUT2D eigenvalue weighted by Gasteiger charge is 2.19. The Morgan fingerprint density at radius 1 is 1.20 bits per heavy atom. The van der Waals surface area contributed by atoms with Gasteiger partial charge in [0.1, 0.15) is 5.70 Å². The maximum absolute atomic E-state index is 11.3. The van der Waals surface area contributed by atoms with Crippen molar-refractivity contribution in [2.75, 3.05) is 0 Å². The molecule has 0 radical (unpaired) electrons. The molecule has 0 aromatic heterocycles. The van der Waals surface area contributed by atoms with Crippen LogP contribution in [-0.4, -0.2) is 11.0 Å². The molecule has 1 heterocycles. The topological polar surface area (TPSA) is 41.1 Å². The maximum atomic E-state index is 11.3. The molecule has 2 N–H and O–H groups in total. The van der Waals surface area contributed by atoms with E-state index in [0.717, 1.165) is 5.56 Å². The van der Waals surface area contributed by atoms with E-state index in [1.54, 1.807) is 6.08 Å². The zero-order chi connectivity index (χ0) is 10.8. The van der Waals surface area contributed by atoms with Crippen LogP contribution in [0.2, 0.25) is 0 Å². The first-order chi connectivity index (χ1) is 7.15. The molecule has 1 saturated heterocycles. The summed E-state index contributed by atoms with van der Waals surface area (Å²) in [6.07, 6.45) is 1.77. The first kappa shape index (κ1) is 9.86. The van der Waals surface area contributed by atoms with Crippen molar-refractivity contribution in [3.05, 3.63) is 41.1 Å². The SMILES string of the molecule is Cc1ccc(/C=C2\NC(=S)NC2=O)cc1. The minimum atomic E-state index is -0.180. The van der Waals surface area contributed by atoms with Crippen molar-refractivity contribution in [3.8, 4) is 0 Å². The Hall–Kier alpha value is -1.68. The van der Waals surface area contributed by atoms with Gasteiger partial charge in [0.05, 0.1) is 0 Å². The fourth-order valence-electron chi connectivity index (χ4n) is 1.31. The largest absolute Gasteiger partial charge is 0.328 e. The van der Waals surface area contributed by atoms with Crippen molar-refractivity contribution in [2.24, 2.45) is 0 Å². The van der Waals surface area contributed by atoms with Crippen molar-refractivity contribution >= 4 is 29.3 Å². The first-order valence-corrected chi connectivity index (χ1v) is 4.97. The molecule has 3 nitrogen and oxygen atoms in total. The summed E-state index contributed by atoms with van der Waals surface area (Å²) in [6, 6.07) is 7.91. The van der Waals surface area contributed by atoms with E-state index in [9.17, 15) is 4.79 Å². The number of rotatable bonds is 1. The smallest absolute Gasteiger partial charge is 0.273 e. The van der Waals surface area contributed by atoms with Crippen molar-refractivity contribution < 1.29 is 4.79 Å². The highest BCUT2D eigenvalue weighted by molar-refractivity contribution is 7.80. The summed E-state index contributed by atoms with van der Waals surface area (Å²) in [5, 5.41) is 5.67. The van der Waals surface area contributed by atoms with Gasteiger partial charge in [-0.2, -0.15) is 0 Å². The van der Waals surface area contributed by atoms with Crippen LogP contribution in [0.4, 0.5) is 0 Å². The van der Waals surface area contributed by atoms with Crippen LogP contribution < -0.4 is 10.6 Å². The van der Waals surface area contributed by atoms with Gasteiger partial charge in [0.2, 0.25) is 0 Å². The molecule has 0 bridgehead atoms. The first-order valence-electron chi connectivity index (χ1n) is 4.56. The Bertz CT molecular complexity index is 448. The van der Waals surface area contributed by atoms with Crippen LogP contribution in [0, 0.1) is 6.92 Å².